The highest BCUT2D eigenvalue weighted by atomic mass is 32.1. The van der Waals surface area contributed by atoms with E-state index in [1.54, 1.807) is 11.3 Å². The number of hydrogen-bond acceptors (Lipinski definition) is 6. The van der Waals surface area contributed by atoms with Crippen molar-refractivity contribution in [1.29, 1.82) is 0 Å². The van der Waals surface area contributed by atoms with E-state index in [9.17, 15) is 4.79 Å². The second-order valence-corrected chi connectivity index (χ2v) is 8.10. The fourth-order valence-electron chi connectivity index (χ4n) is 3.69. The quantitative estimate of drug-likeness (QED) is 0.419. The molecular formula is C23H25N5OS. The fourth-order valence-corrected chi connectivity index (χ4v) is 4.42. The molecule has 154 valence electrons. The molecular weight excluding hydrogens is 394 g/mol. The minimum absolute atomic E-state index is 0.213. The fraction of sp³-hybridized carbons (Fsp3) is 0.261. The van der Waals surface area contributed by atoms with Gasteiger partial charge in [0.15, 0.2) is 5.13 Å². The summed E-state index contributed by atoms with van der Waals surface area (Å²) in [6.45, 7) is 4.39. The van der Waals surface area contributed by atoms with E-state index in [0.717, 1.165) is 46.1 Å². The van der Waals surface area contributed by atoms with Crippen LogP contribution < -0.4 is 15.8 Å². The van der Waals surface area contributed by atoms with Crippen LogP contribution in [-0.4, -0.2) is 28.0 Å². The van der Waals surface area contributed by atoms with E-state index < -0.39 is 0 Å². The zero-order valence-electron chi connectivity index (χ0n) is 17.3. The molecule has 0 fully saturated rings. The highest BCUT2D eigenvalue weighted by molar-refractivity contribution is 7.14. The van der Waals surface area contributed by atoms with Crippen molar-refractivity contribution in [3.05, 3.63) is 64.4 Å². The summed E-state index contributed by atoms with van der Waals surface area (Å²) in [5.74, 6) is 0. The predicted octanol–water partition coefficient (Wildman–Crippen LogP) is 5.42. The van der Waals surface area contributed by atoms with E-state index in [2.05, 4.69) is 53.2 Å². The van der Waals surface area contributed by atoms with Crippen LogP contribution in [0, 0.1) is 0 Å². The van der Waals surface area contributed by atoms with Crippen molar-refractivity contribution in [3.63, 3.8) is 0 Å². The first-order valence-corrected chi connectivity index (χ1v) is 11.0. The number of fused-ring (bicyclic) bond motifs is 1. The number of anilines is 3. The molecule has 6 nitrogen and oxygen atoms in total. The normalized spacial score (nSPS) is 11.2. The third-order valence-corrected chi connectivity index (χ3v) is 6.14. The van der Waals surface area contributed by atoms with Gasteiger partial charge in [0.05, 0.1) is 34.3 Å². The van der Waals surface area contributed by atoms with Crippen LogP contribution >= 0.6 is 11.3 Å². The van der Waals surface area contributed by atoms with Crippen LogP contribution in [0.1, 0.15) is 26.7 Å². The van der Waals surface area contributed by atoms with E-state index in [4.69, 9.17) is 4.98 Å². The molecule has 4 aromatic rings. The number of aromatic nitrogens is 3. The lowest BCUT2D eigenvalue weighted by atomic mass is 10.1. The van der Waals surface area contributed by atoms with Gasteiger partial charge in [0.1, 0.15) is 0 Å². The Morgan fingerprint density at radius 2 is 1.93 bits per heavy atom. The lowest BCUT2D eigenvalue weighted by molar-refractivity contribution is 0.592. The molecule has 0 aliphatic rings. The summed E-state index contributed by atoms with van der Waals surface area (Å²) in [5, 5.41) is 6.33. The molecule has 4 rings (SSSR count). The highest BCUT2D eigenvalue weighted by Crippen LogP contribution is 2.35. The number of benzene rings is 2. The number of hydrogen-bond donors (Lipinski definition) is 2. The van der Waals surface area contributed by atoms with E-state index in [1.165, 1.54) is 6.20 Å². The number of rotatable bonds is 7. The maximum Gasteiger partial charge on any atom is 0.266 e. The van der Waals surface area contributed by atoms with Crippen LogP contribution in [0.25, 0.3) is 22.3 Å². The number of nitrogens with one attached hydrogen (secondary N) is 2. The van der Waals surface area contributed by atoms with Gasteiger partial charge >= 0.3 is 0 Å². The van der Waals surface area contributed by atoms with E-state index in [-0.39, 0.29) is 5.56 Å². The van der Waals surface area contributed by atoms with Crippen molar-refractivity contribution >= 4 is 38.9 Å². The molecule has 0 saturated carbocycles. The molecule has 0 unspecified atom stereocenters. The van der Waals surface area contributed by atoms with Crippen LogP contribution in [0.4, 0.5) is 16.5 Å². The first-order valence-electron chi connectivity index (χ1n) is 10.1. The average molecular weight is 420 g/mol. The Kier molecular flexibility index (Phi) is 5.81. The van der Waals surface area contributed by atoms with Gasteiger partial charge < -0.3 is 15.2 Å². The molecule has 0 aliphatic heterocycles. The number of thiazole rings is 1. The van der Waals surface area contributed by atoms with Crippen molar-refractivity contribution in [3.8, 4) is 11.3 Å². The lowest BCUT2D eigenvalue weighted by Gasteiger charge is -2.30. The third-order valence-electron chi connectivity index (χ3n) is 5.38. The molecule has 30 heavy (non-hydrogen) atoms. The summed E-state index contributed by atoms with van der Waals surface area (Å²) < 4.78 is 0. The summed E-state index contributed by atoms with van der Waals surface area (Å²) >= 11 is 1.56. The summed E-state index contributed by atoms with van der Waals surface area (Å²) in [6, 6.07) is 14.5. The molecule has 2 heterocycles. The molecule has 0 amide bonds. The molecule has 0 spiro atoms. The van der Waals surface area contributed by atoms with Gasteiger partial charge in [0.25, 0.3) is 5.56 Å². The smallest absolute Gasteiger partial charge is 0.266 e. The molecule has 0 aliphatic carbocycles. The molecule has 0 saturated heterocycles. The van der Waals surface area contributed by atoms with Crippen LogP contribution in [0.2, 0.25) is 0 Å². The summed E-state index contributed by atoms with van der Waals surface area (Å²) in [6.07, 6.45) is 3.40. The first-order chi connectivity index (χ1) is 14.6. The predicted molar refractivity (Wildman–Crippen MR) is 126 cm³/mol. The van der Waals surface area contributed by atoms with Crippen molar-refractivity contribution in [2.75, 3.05) is 17.3 Å². The molecule has 7 heteroatoms. The van der Waals surface area contributed by atoms with Crippen LogP contribution in [-0.2, 0) is 0 Å². The molecule has 2 aromatic heterocycles. The van der Waals surface area contributed by atoms with Gasteiger partial charge in [0.2, 0.25) is 0 Å². The summed E-state index contributed by atoms with van der Waals surface area (Å²) in [4.78, 5) is 26.0. The lowest BCUT2D eigenvalue weighted by Crippen LogP contribution is -2.30. The van der Waals surface area contributed by atoms with Crippen LogP contribution in [0.15, 0.2) is 58.8 Å². The van der Waals surface area contributed by atoms with Crippen molar-refractivity contribution in [2.24, 2.45) is 0 Å². The Labute approximate surface area is 179 Å². The number of H-pyrrole nitrogens is 1. The Bertz CT molecular complexity index is 1200. The number of aromatic amines is 1. The molecule has 0 bridgehead atoms. The monoisotopic (exact) mass is 419 g/mol. The van der Waals surface area contributed by atoms with Crippen molar-refractivity contribution in [1.82, 2.24) is 15.0 Å². The Balaban J connectivity index is 1.75. The molecule has 2 N–H and O–H groups in total. The zero-order chi connectivity index (χ0) is 21.1. The Morgan fingerprint density at radius 1 is 1.17 bits per heavy atom. The molecule has 2 aromatic carbocycles. The number of nitrogens with zero attached hydrogens (tertiary/aromatic N) is 3. The summed E-state index contributed by atoms with van der Waals surface area (Å²) in [5.41, 5.74) is 5.21. The van der Waals surface area contributed by atoms with E-state index >= 15 is 0 Å². The maximum absolute atomic E-state index is 11.8. The maximum atomic E-state index is 11.8. The largest absolute Gasteiger partial charge is 0.370 e. The van der Waals surface area contributed by atoms with Gasteiger partial charge in [0, 0.05) is 24.0 Å². The second kappa shape index (κ2) is 8.67. The van der Waals surface area contributed by atoms with Gasteiger partial charge in [-0.05, 0) is 25.0 Å². The Morgan fingerprint density at radius 3 is 2.67 bits per heavy atom. The topological polar surface area (TPSA) is 73.9 Å². The third kappa shape index (κ3) is 4.07. The SMILES string of the molecule is CCC(CC)N(C)c1cc2ncc(=O)[nH]c2cc1Nc1nc(-c2ccccc2)cs1. The van der Waals surface area contributed by atoms with Gasteiger partial charge in [-0.3, -0.25) is 4.79 Å². The minimum atomic E-state index is -0.213. The van der Waals surface area contributed by atoms with Gasteiger partial charge in [-0.2, -0.15) is 0 Å². The van der Waals surface area contributed by atoms with Gasteiger partial charge in [-0.25, -0.2) is 9.97 Å². The second-order valence-electron chi connectivity index (χ2n) is 7.24. The standard InChI is InChI=1S/C23H25N5OS/c1-4-16(5-2)28(3)21-12-17-18(25-22(29)13-24-17)11-19(21)26-23-27-20(14-30-23)15-9-7-6-8-10-15/h6-14,16H,4-5H2,1-3H3,(H,25,29)(H,26,27). The molecule has 0 radical (unpaired) electrons. The van der Waals surface area contributed by atoms with Crippen LogP contribution in [0.5, 0.6) is 0 Å². The average Bonchev–Trinajstić information content (AvgIpc) is 3.23. The van der Waals surface area contributed by atoms with Crippen molar-refractivity contribution < 1.29 is 0 Å². The molecule has 0 atom stereocenters. The van der Waals surface area contributed by atoms with E-state index in [0.29, 0.717) is 11.6 Å². The first kappa shape index (κ1) is 20.1. The Hall–Kier alpha value is -3.19. The van der Waals surface area contributed by atoms with Gasteiger partial charge in [-0.1, -0.05) is 44.2 Å². The van der Waals surface area contributed by atoms with Gasteiger partial charge in [-0.15, -0.1) is 11.3 Å². The minimum Gasteiger partial charge on any atom is -0.370 e. The zero-order valence-corrected chi connectivity index (χ0v) is 18.2. The summed E-state index contributed by atoms with van der Waals surface area (Å²) in [7, 11) is 2.10. The highest BCUT2D eigenvalue weighted by Gasteiger charge is 2.17. The van der Waals surface area contributed by atoms with E-state index in [1.807, 2.05) is 35.7 Å². The van der Waals surface area contributed by atoms with Crippen LogP contribution in [0.3, 0.4) is 0 Å². The van der Waals surface area contributed by atoms with Crippen molar-refractivity contribution in [2.45, 2.75) is 32.7 Å².